The minimum Gasteiger partial charge on any atom is -0.347 e. The molecule has 0 fully saturated rings. The van der Waals surface area contributed by atoms with Crippen LogP contribution in [0, 0.1) is 11.7 Å². The van der Waals surface area contributed by atoms with Gasteiger partial charge in [0.25, 0.3) is 0 Å². The van der Waals surface area contributed by atoms with Gasteiger partial charge in [0.1, 0.15) is 5.82 Å². The van der Waals surface area contributed by atoms with Crippen LogP contribution in [0.4, 0.5) is 15.2 Å². The highest BCUT2D eigenvalue weighted by Crippen LogP contribution is 2.28. The third-order valence-corrected chi connectivity index (χ3v) is 4.47. The Kier molecular flexibility index (Phi) is 7.62. The lowest BCUT2D eigenvalue weighted by molar-refractivity contribution is -0.124. The van der Waals surface area contributed by atoms with Crippen LogP contribution in [0.3, 0.4) is 0 Å². The number of carbonyl (C=O) groups is 3. The summed E-state index contributed by atoms with van der Waals surface area (Å²) in [4.78, 5) is 38.8. The fourth-order valence-electron chi connectivity index (χ4n) is 2.31. The van der Waals surface area contributed by atoms with Crippen molar-refractivity contribution in [2.45, 2.75) is 33.6 Å². The fraction of sp³-hybridized carbons (Fsp3) is 0.368. The van der Waals surface area contributed by atoms with Crippen LogP contribution in [0.2, 0.25) is 0 Å². The third kappa shape index (κ3) is 6.73. The molecule has 7 nitrogen and oxygen atoms in total. The normalized spacial score (nSPS) is 10.6. The van der Waals surface area contributed by atoms with E-state index in [4.69, 9.17) is 0 Å². The lowest BCUT2D eigenvalue weighted by atomic mass is 10.1. The second-order valence-corrected chi connectivity index (χ2v) is 7.53. The first kappa shape index (κ1) is 21.5. The van der Waals surface area contributed by atoms with Crippen LogP contribution in [-0.2, 0) is 14.4 Å². The molecule has 0 saturated heterocycles. The highest BCUT2D eigenvalue weighted by atomic mass is 32.1. The van der Waals surface area contributed by atoms with E-state index in [0.29, 0.717) is 28.9 Å². The van der Waals surface area contributed by atoms with Gasteiger partial charge in [-0.15, -0.1) is 11.3 Å². The van der Waals surface area contributed by atoms with Gasteiger partial charge < -0.3 is 16.0 Å². The largest absolute Gasteiger partial charge is 0.347 e. The van der Waals surface area contributed by atoms with Crippen LogP contribution < -0.4 is 16.0 Å². The first-order valence-corrected chi connectivity index (χ1v) is 9.72. The predicted octanol–water partition coefficient (Wildman–Crippen LogP) is 3.40. The Labute approximate surface area is 166 Å². The minimum absolute atomic E-state index is 0.147. The van der Waals surface area contributed by atoms with Crippen molar-refractivity contribution in [3.05, 3.63) is 29.4 Å². The Morgan fingerprint density at radius 3 is 2.57 bits per heavy atom. The quantitative estimate of drug-likeness (QED) is 0.625. The van der Waals surface area contributed by atoms with Crippen molar-refractivity contribution < 1.29 is 18.8 Å². The van der Waals surface area contributed by atoms with E-state index in [1.165, 1.54) is 19.1 Å². The van der Waals surface area contributed by atoms with Crippen molar-refractivity contribution >= 4 is 39.9 Å². The number of rotatable bonds is 8. The molecule has 0 atom stereocenters. The van der Waals surface area contributed by atoms with Crippen molar-refractivity contribution in [3.63, 3.8) is 0 Å². The van der Waals surface area contributed by atoms with Crippen LogP contribution in [0.25, 0.3) is 11.3 Å². The number of nitrogens with one attached hydrogen (secondary N) is 3. The maximum absolute atomic E-state index is 14.3. The van der Waals surface area contributed by atoms with Gasteiger partial charge in [-0.25, -0.2) is 9.37 Å². The molecule has 0 saturated carbocycles. The van der Waals surface area contributed by atoms with E-state index in [1.54, 1.807) is 11.4 Å². The molecule has 1 aromatic heterocycles. The Bertz CT molecular complexity index is 867. The number of thiazole rings is 1. The summed E-state index contributed by atoms with van der Waals surface area (Å²) in [5.74, 6) is -0.986. The molecule has 2 aromatic rings. The average molecular weight is 406 g/mol. The smallest absolute Gasteiger partial charge is 0.245 e. The van der Waals surface area contributed by atoms with Gasteiger partial charge in [0, 0.05) is 30.0 Å². The van der Waals surface area contributed by atoms with E-state index >= 15 is 0 Å². The topological polar surface area (TPSA) is 100 Å². The molecule has 0 aliphatic rings. The zero-order valence-corrected chi connectivity index (χ0v) is 16.8. The van der Waals surface area contributed by atoms with Crippen molar-refractivity contribution in [2.24, 2.45) is 5.92 Å². The number of amides is 3. The SMILES string of the molecule is CC(=O)Nc1ccc(-c2csc(NC(=O)CNC(=O)CCC(C)C)n2)c(F)c1. The zero-order chi connectivity index (χ0) is 20.7. The molecular formula is C19H23FN4O3S. The fourth-order valence-corrected chi connectivity index (χ4v) is 3.04. The Morgan fingerprint density at radius 1 is 1.18 bits per heavy atom. The van der Waals surface area contributed by atoms with Crippen LogP contribution in [0.1, 0.15) is 33.6 Å². The van der Waals surface area contributed by atoms with Crippen LogP contribution in [0.15, 0.2) is 23.6 Å². The summed E-state index contributed by atoms with van der Waals surface area (Å²) in [6.45, 7) is 5.24. The lowest BCUT2D eigenvalue weighted by Gasteiger charge is -2.06. The molecule has 0 spiro atoms. The summed E-state index contributed by atoms with van der Waals surface area (Å²) in [6, 6.07) is 4.29. The van der Waals surface area contributed by atoms with E-state index in [9.17, 15) is 18.8 Å². The van der Waals surface area contributed by atoms with E-state index in [0.717, 1.165) is 17.8 Å². The van der Waals surface area contributed by atoms with Crippen molar-refractivity contribution in [1.29, 1.82) is 0 Å². The molecule has 0 aliphatic heterocycles. The molecule has 3 N–H and O–H groups in total. The first-order valence-electron chi connectivity index (χ1n) is 8.84. The molecular weight excluding hydrogens is 383 g/mol. The van der Waals surface area contributed by atoms with Gasteiger partial charge >= 0.3 is 0 Å². The predicted molar refractivity (Wildman–Crippen MR) is 108 cm³/mol. The monoisotopic (exact) mass is 406 g/mol. The molecule has 0 bridgehead atoms. The second kappa shape index (κ2) is 9.93. The number of aromatic nitrogens is 1. The van der Waals surface area contributed by atoms with E-state index in [-0.39, 0.29) is 23.9 Å². The Hall–Kier alpha value is -2.81. The zero-order valence-electron chi connectivity index (χ0n) is 16.0. The molecule has 0 radical (unpaired) electrons. The van der Waals surface area contributed by atoms with Gasteiger partial charge in [-0.1, -0.05) is 13.8 Å². The Balaban J connectivity index is 1.92. The van der Waals surface area contributed by atoms with Crippen molar-refractivity contribution in [3.8, 4) is 11.3 Å². The maximum atomic E-state index is 14.3. The minimum atomic E-state index is -0.535. The number of carbonyl (C=O) groups excluding carboxylic acids is 3. The second-order valence-electron chi connectivity index (χ2n) is 6.67. The molecule has 0 aliphatic carbocycles. The maximum Gasteiger partial charge on any atom is 0.245 e. The summed E-state index contributed by atoms with van der Waals surface area (Å²) in [7, 11) is 0. The highest BCUT2D eigenvalue weighted by molar-refractivity contribution is 7.14. The molecule has 0 unspecified atom stereocenters. The van der Waals surface area contributed by atoms with E-state index in [2.05, 4.69) is 20.9 Å². The molecule has 3 amide bonds. The molecule has 150 valence electrons. The standard InChI is InChI=1S/C19H23FN4O3S/c1-11(2)4-7-17(26)21-9-18(27)24-19-23-16(10-28-19)14-6-5-13(8-15(14)20)22-12(3)25/h5-6,8,10-11H,4,7,9H2,1-3H3,(H,21,26)(H,22,25)(H,23,24,27). The van der Waals surface area contributed by atoms with Crippen molar-refractivity contribution in [2.75, 3.05) is 17.2 Å². The van der Waals surface area contributed by atoms with Crippen LogP contribution in [-0.4, -0.2) is 29.3 Å². The molecule has 28 heavy (non-hydrogen) atoms. The summed E-state index contributed by atoms with van der Waals surface area (Å²) >= 11 is 1.15. The Morgan fingerprint density at radius 2 is 1.93 bits per heavy atom. The van der Waals surface area contributed by atoms with Gasteiger partial charge in [-0.05, 0) is 30.5 Å². The van der Waals surface area contributed by atoms with Crippen LogP contribution >= 0.6 is 11.3 Å². The highest BCUT2D eigenvalue weighted by Gasteiger charge is 2.13. The molecule has 1 aromatic carbocycles. The van der Waals surface area contributed by atoms with E-state index in [1.807, 2.05) is 13.8 Å². The van der Waals surface area contributed by atoms with Crippen molar-refractivity contribution in [1.82, 2.24) is 10.3 Å². The molecule has 9 heteroatoms. The lowest BCUT2D eigenvalue weighted by Crippen LogP contribution is -2.32. The van der Waals surface area contributed by atoms with E-state index < -0.39 is 11.7 Å². The van der Waals surface area contributed by atoms with Gasteiger partial charge in [-0.3, -0.25) is 14.4 Å². The molecule has 1 heterocycles. The van der Waals surface area contributed by atoms with Gasteiger partial charge in [-0.2, -0.15) is 0 Å². The first-order chi connectivity index (χ1) is 13.2. The number of anilines is 2. The number of hydrogen-bond donors (Lipinski definition) is 3. The summed E-state index contributed by atoms with van der Waals surface area (Å²) in [6.07, 6.45) is 1.13. The number of nitrogens with zero attached hydrogens (tertiary/aromatic N) is 1. The summed E-state index contributed by atoms with van der Waals surface area (Å²) < 4.78 is 14.3. The molecule has 2 rings (SSSR count). The third-order valence-electron chi connectivity index (χ3n) is 3.71. The van der Waals surface area contributed by atoms with Gasteiger partial charge in [0.15, 0.2) is 5.13 Å². The summed E-state index contributed by atoms with van der Waals surface area (Å²) in [5.41, 5.74) is 0.978. The number of hydrogen-bond acceptors (Lipinski definition) is 5. The summed E-state index contributed by atoms with van der Waals surface area (Å²) in [5, 5.41) is 9.57. The number of benzene rings is 1. The van der Waals surface area contributed by atoms with Gasteiger partial charge in [0.2, 0.25) is 17.7 Å². The van der Waals surface area contributed by atoms with Crippen LogP contribution in [0.5, 0.6) is 0 Å². The average Bonchev–Trinajstić information content (AvgIpc) is 3.05. The van der Waals surface area contributed by atoms with Gasteiger partial charge in [0.05, 0.1) is 12.2 Å². The number of halogens is 1.